The molecule has 3 aromatic rings. The largest absolute Gasteiger partial charge is 0.350 e. The molecule has 1 aliphatic heterocycles. The monoisotopic (exact) mass is 425 g/mol. The summed E-state index contributed by atoms with van der Waals surface area (Å²) in [4.78, 5) is 24.4. The van der Waals surface area contributed by atoms with E-state index in [0.717, 1.165) is 32.6 Å². The molecule has 1 aliphatic rings. The second-order valence-electron chi connectivity index (χ2n) is 7.44. The van der Waals surface area contributed by atoms with Crippen molar-refractivity contribution in [3.8, 4) is 16.8 Å². The second kappa shape index (κ2) is 8.27. The van der Waals surface area contributed by atoms with Gasteiger partial charge in [0.25, 0.3) is 6.08 Å². The van der Waals surface area contributed by atoms with Gasteiger partial charge in [0.2, 0.25) is 5.91 Å². The van der Waals surface area contributed by atoms with Crippen LogP contribution in [0.5, 0.6) is 0 Å². The highest BCUT2D eigenvalue weighted by atomic mass is 19.3. The summed E-state index contributed by atoms with van der Waals surface area (Å²) in [6, 6.07) is 11.4. The van der Waals surface area contributed by atoms with E-state index in [2.05, 4.69) is 10.4 Å². The van der Waals surface area contributed by atoms with Gasteiger partial charge in [-0.2, -0.15) is 13.9 Å². The van der Waals surface area contributed by atoms with E-state index in [1.165, 1.54) is 10.9 Å². The van der Waals surface area contributed by atoms with Gasteiger partial charge in [0, 0.05) is 24.2 Å². The molecule has 4 rings (SSSR count). The molecule has 0 fully saturated rings. The summed E-state index contributed by atoms with van der Waals surface area (Å²) >= 11 is 0. The molecule has 3 N–H and O–H groups in total. The Kier molecular flexibility index (Phi) is 5.51. The molecule has 1 amide bonds. The van der Waals surface area contributed by atoms with Crippen LogP contribution in [0.25, 0.3) is 16.8 Å². The van der Waals surface area contributed by atoms with E-state index in [4.69, 9.17) is 5.73 Å². The molecule has 31 heavy (non-hydrogen) atoms. The molecule has 7 nitrogen and oxygen atoms in total. The van der Waals surface area contributed by atoms with Crippen LogP contribution >= 0.6 is 0 Å². The topological polar surface area (TPSA) is 94.9 Å². The number of aryl methyl sites for hydroxylation is 2. The van der Waals surface area contributed by atoms with Crippen molar-refractivity contribution < 1.29 is 13.6 Å². The smallest absolute Gasteiger partial charge is 0.327 e. The summed E-state index contributed by atoms with van der Waals surface area (Å²) in [6.07, 6.45) is 0.525. The SMILES string of the molecule is Cc1cc(-c2cccc(-n3cnn(CC(CN)=C(F)F)c3=O)c2)cc2c1NC(=O)CC2. The maximum Gasteiger partial charge on any atom is 0.350 e. The van der Waals surface area contributed by atoms with E-state index in [1.807, 2.05) is 37.3 Å². The second-order valence-corrected chi connectivity index (χ2v) is 7.44. The highest BCUT2D eigenvalue weighted by Crippen LogP contribution is 2.32. The van der Waals surface area contributed by atoms with Crippen molar-refractivity contribution in [2.45, 2.75) is 26.3 Å². The molecule has 0 unspecified atom stereocenters. The normalized spacial score (nSPS) is 13.0. The summed E-state index contributed by atoms with van der Waals surface area (Å²) in [5.74, 6) is 0.0158. The van der Waals surface area contributed by atoms with Crippen LogP contribution in [0.3, 0.4) is 0 Å². The zero-order valence-corrected chi connectivity index (χ0v) is 16.9. The summed E-state index contributed by atoms with van der Waals surface area (Å²) in [7, 11) is 0. The summed E-state index contributed by atoms with van der Waals surface area (Å²) in [5, 5.41) is 6.87. The fraction of sp³-hybridized carbons (Fsp3) is 0.227. The quantitative estimate of drug-likeness (QED) is 0.657. The molecule has 0 atom stereocenters. The van der Waals surface area contributed by atoms with Gasteiger partial charge >= 0.3 is 5.69 Å². The molecule has 1 aromatic heterocycles. The molecule has 2 heterocycles. The first-order valence-electron chi connectivity index (χ1n) is 9.79. The number of nitrogens with two attached hydrogens (primary N) is 1. The molecule has 0 radical (unpaired) electrons. The first kappa shape index (κ1) is 20.7. The minimum atomic E-state index is -1.90. The van der Waals surface area contributed by atoms with Gasteiger partial charge in [0.1, 0.15) is 6.33 Å². The number of fused-ring (bicyclic) bond motifs is 1. The Hall–Kier alpha value is -3.59. The number of hydrogen-bond donors (Lipinski definition) is 2. The van der Waals surface area contributed by atoms with Crippen molar-refractivity contribution in [1.82, 2.24) is 14.3 Å². The fourth-order valence-corrected chi connectivity index (χ4v) is 3.69. The summed E-state index contributed by atoms with van der Waals surface area (Å²) in [6.45, 7) is 1.23. The van der Waals surface area contributed by atoms with Crippen molar-refractivity contribution in [3.63, 3.8) is 0 Å². The number of benzene rings is 2. The number of amides is 1. The lowest BCUT2D eigenvalue weighted by atomic mass is 9.93. The van der Waals surface area contributed by atoms with Gasteiger partial charge in [-0.05, 0) is 59.9 Å². The number of hydrogen-bond acceptors (Lipinski definition) is 4. The lowest BCUT2D eigenvalue weighted by Gasteiger charge is -2.20. The number of halogens is 2. The molecular weight excluding hydrogens is 404 g/mol. The Morgan fingerprint density at radius 3 is 2.71 bits per heavy atom. The van der Waals surface area contributed by atoms with Gasteiger partial charge in [-0.25, -0.2) is 14.0 Å². The maximum atomic E-state index is 12.9. The van der Waals surface area contributed by atoms with E-state index < -0.39 is 11.8 Å². The number of nitrogens with one attached hydrogen (secondary N) is 1. The van der Waals surface area contributed by atoms with Gasteiger partial charge < -0.3 is 11.1 Å². The predicted molar refractivity (Wildman–Crippen MR) is 113 cm³/mol. The molecule has 2 aromatic carbocycles. The molecule has 0 bridgehead atoms. The third-order valence-corrected chi connectivity index (χ3v) is 5.35. The highest BCUT2D eigenvalue weighted by molar-refractivity contribution is 5.95. The molecule has 160 valence electrons. The number of carbonyl (C=O) groups excluding carboxylic acids is 1. The molecule has 0 aliphatic carbocycles. The molecule has 9 heteroatoms. The number of nitrogens with zero attached hydrogens (tertiary/aromatic N) is 3. The lowest BCUT2D eigenvalue weighted by molar-refractivity contribution is -0.116. The molecule has 0 saturated carbocycles. The third kappa shape index (κ3) is 4.04. The minimum Gasteiger partial charge on any atom is -0.327 e. The van der Waals surface area contributed by atoms with Gasteiger partial charge in [0.05, 0.1) is 12.2 Å². The molecule has 0 saturated heterocycles. The van der Waals surface area contributed by atoms with E-state index in [1.54, 1.807) is 6.07 Å². The Morgan fingerprint density at radius 1 is 1.16 bits per heavy atom. The fourth-order valence-electron chi connectivity index (χ4n) is 3.69. The molecular formula is C22H21F2N5O2. The van der Waals surface area contributed by atoms with E-state index in [9.17, 15) is 18.4 Å². The number of aromatic nitrogens is 3. The average Bonchev–Trinajstić information content (AvgIpc) is 3.12. The van der Waals surface area contributed by atoms with Crippen molar-refractivity contribution in [2.24, 2.45) is 5.73 Å². The van der Waals surface area contributed by atoms with Crippen molar-refractivity contribution >= 4 is 11.6 Å². The van der Waals surface area contributed by atoms with Crippen molar-refractivity contribution in [1.29, 1.82) is 0 Å². The van der Waals surface area contributed by atoms with Crippen molar-refractivity contribution in [2.75, 3.05) is 11.9 Å². The van der Waals surface area contributed by atoms with Gasteiger partial charge in [-0.1, -0.05) is 12.1 Å². The summed E-state index contributed by atoms with van der Waals surface area (Å²) < 4.78 is 28.0. The Labute approximate surface area is 176 Å². The van der Waals surface area contributed by atoms with Crippen LogP contribution in [0.1, 0.15) is 17.5 Å². The predicted octanol–water partition coefficient (Wildman–Crippen LogP) is 3.00. The van der Waals surface area contributed by atoms with Crippen LogP contribution in [-0.2, 0) is 17.8 Å². The Balaban J connectivity index is 1.69. The van der Waals surface area contributed by atoms with Crippen LogP contribution in [0, 0.1) is 6.92 Å². The van der Waals surface area contributed by atoms with Crippen LogP contribution in [0.15, 0.2) is 59.2 Å². The first-order valence-corrected chi connectivity index (χ1v) is 9.79. The minimum absolute atomic E-state index is 0.0158. The maximum absolute atomic E-state index is 12.9. The van der Waals surface area contributed by atoms with Crippen LogP contribution in [-0.4, -0.2) is 26.8 Å². The Bertz CT molecular complexity index is 1260. The van der Waals surface area contributed by atoms with Gasteiger partial charge in [-0.3, -0.25) is 4.79 Å². The van der Waals surface area contributed by atoms with E-state index in [0.29, 0.717) is 18.5 Å². The van der Waals surface area contributed by atoms with E-state index in [-0.39, 0.29) is 24.6 Å². The third-order valence-electron chi connectivity index (χ3n) is 5.35. The number of carbonyl (C=O) groups is 1. The lowest BCUT2D eigenvalue weighted by Crippen LogP contribution is -2.26. The number of anilines is 1. The van der Waals surface area contributed by atoms with E-state index >= 15 is 0 Å². The number of rotatable bonds is 5. The van der Waals surface area contributed by atoms with Gasteiger partial charge in [0.15, 0.2) is 0 Å². The zero-order valence-electron chi connectivity index (χ0n) is 16.9. The Morgan fingerprint density at radius 2 is 1.97 bits per heavy atom. The van der Waals surface area contributed by atoms with Crippen LogP contribution in [0.4, 0.5) is 14.5 Å². The van der Waals surface area contributed by atoms with Crippen LogP contribution < -0.4 is 16.7 Å². The van der Waals surface area contributed by atoms with Crippen molar-refractivity contribution in [3.05, 3.63) is 76.0 Å². The zero-order chi connectivity index (χ0) is 22.1. The van der Waals surface area contributed by atoms with Gasteiger partial charge in [-0.15, -0.1) is 0 Å². The molecule has 0 spiro atoms. The standard InChI is InChI=1S/C22H21F2N5O2/c1-13-7-16(8-15-5-6-19(30)27-20(13)15)14-3-2-4-18(9-14)28-12-26-29(22(28)31)11-17(10-25)21(23)24/h2-4,7-9,12H,5-6,10-11,25H2,1H3,(H,27,30). The first-order chi connectivity index (χ1) is 14.9. The average molecular weight is 425 g/mol. The van der Waals surface area contributed by atoms with Crippen LogP contribution in [0.2, 0.25) is 0 Å². The summed E-state index contributed by atoms with van der Waals surface area (Å²) in [5.41, 5.74) is 9.77. The highest BCUT2D eigenvalue weighted by Gasteiger charge is 2.18.